The minimum absolute atomic E-state index is 0. The number of rotatable bonds is 3. The maximum Gasteiger partial charge on any atom is 3.00 e. The molecule has 3 rings (SSSR count). The largest absolute Gasteiger partial charge is 3.00 e. The number of aliphatic hydroxyl groups is 1. The summed E-state index contributed by atoms with van der Waals surface area (Å²) >= 11 is 0. The summed E-state index contributed by atoms with van der Waals surface area (Å²) in [4.78, 5) is 0. The molecule has 0 fully saturated rings. The predicted octanol–water partition coefficient (Wildman–Crippen LogP) is -5.34. The first-order valence-corrected chi connectivity index (χ1v) is 6.32. The van der Waals surface area contributed by atoms with Gasteiger partial charge in [-0.05, 0) is 29.6 Å². The van der Waals surface area contributed by atoms with E-state index in [1.165, 1.54) is 0 Å². The Hall–Kier alpha value is -0.107. The van der Waals surface area contributed by atoms with Crippen LogP contribution in [0, 0.1) is 0 Å². The maximum atomic E-state index is 11.3. The van der Waals surface area contributed by atoms with Crippen LogP contribution in [-0.4, -0.2) is 5.11 Å². The summed E-state index contributed by atoms with van der Waals surface area (Å²) in [5.74, 6) is 0. The molecule has 0 bridgehead atoms. The molecule has 1 radical (unpaired) electrons. The average Bonchev–Trinajstić information content (AvgIpc) is 3.12. The van der Waals surface area contributed by atoms with Crippen LogP contribution >= 0.6 is 0 Å². The van der Waals surface area contributed by atoms with Gasteiger partial charge in [0.05, 0.1) is 0 Å². The van der Waals surface area contributed by atoms with Crippen LogP contribution in [0.2, 0.25) is 0 Å². The molecule has 0 unspecified atom stereocenters. The minimum Gasteiger partial charge on any atom is -1.00 e. The molecule has 2 aliphatic carbocycles. The van der Waals surface area contributed by atoms with Crippen LogP contribution in [0.1, 0.15) is 18.4 Å². The summed E-state index contributed by atoms with van der Waals surface area (Å²) in [5.41, 5.74) is 2.12. The fourth-order valence-corrected chi connectivity index (χ4v) is 2.69. The Balaban J connectivity index is 0. The van der Waals surface area contributed by atoms with E-state index in [-0.39, 0.29) is 63.4 Å². The van der Waals surface area contributed by atoms with Crippen LogP contribution in [0.25, 0.3) is 0 Å². The third kappa shape index (κ3) is 4.46. The third-order valence-corrected chi connectivity index (χ3v) is 3.66. The van der Waals surface area contributed by atoms with Gasteiger partial charge in [0.1, 0.15) is 5.60 Å². The second kappa shape index (κ2) is 10.6. The monoisotopic (exact) mass is 431 g/mol. The number of hydrogen-bond acceptors (Lipinski definition) is 1. The first-order chi connectivity index (χ1) is 8.82. The molecule has 0 aromatic heterocycles. The van der Waals surface area contributed by atoms with Crippen molar-refractivity contribution in [3.05, 3.63) is 83.5 Å². The standard InChI is InChI=1S/C17H16O.3ClH.Zr/c18-17(15-10-4-5-11-15,16-12-6-7-13-16)14-8-2-1-3-9-14;;;;/h1-10,12,18H,11,13H2;3*1H;/q;;;;+3/p-3. The normalized spacial score (nSPS) is 14.8. The zero-order valence-corrected chi connectivity index (χ0v) is 16.6. The van der Waals surface area contributed by atoms with E-state index < -0.39 is 5.60 Å². The van der Waals surface area contributed by atoms with Gasteiger partial charge in [-0.3, -0.25) is 0 Å². The van der Waals surface area contributed by atoms with Crippen LogP contribution in [0.5, 0.6) is 0 Å². The molecule has 0 aliphatic heterocycles. The van der Waals surface area contributed by atoms with Crippen molar-refractivity contribution in [1.82, 2.24) is 0 Å². The number of hydrogen-bond donors (Lipinski definition) is 1. The molecule has 115 valence electrons. The van der Waals surface area contributed by atoms with Gasteiger partial charge in [0, 0.05) is 0 Å². The Bertz CT molecular complexity index is 547. The van der Waals surface area contributed by atoms with Crippen LogP contribution < -0.4 is 37.2 Å². The van der Waals surface area contributed by atoms with Crippen molar-refractivity contribution in [1.29, 1.82) is 0 Å². The Morgan fingerprint density at radius 3 is 1.59 bits per heavy atom. The van der Waals surface area contributed by atoms with E-state index in [1.807, 2.05) is 54.6 Å². The summed E-state index contributed by atoms with van der Waals surface area (Å²) in [6, 6.07) is 9.93. The Kier molecular flexibility index (Phi) is 11.7. The molecule has 1 aromatic rings. The first-order valence-electron chi connectivity index (χ1n) is 6.32. The van der Waals surface area contributed by atoms with Gasteiger partial charge in [-0.25, -0.2) is 0 Å². The molecule has 1 nitrogen and oxygen atoms in total. The maximum absolute atomic E-state index is 11.3. The smallest absolute Gasteiger partial charge is 1.00 e. The molecule has 0 spiro atoms. The summed E-state index contributed by atoms with van der Waals surface area (Å²) < 4.78 is 0. The predicted molar refractivity (Wildman–Crippen MR) is 74.0 cm³/mol. The van der Waals surface area contributed by atoms with Crippen molar-refractivity contribution >= 4 is 0 Å². The van der Waals surface area contributed by atoms with E-state index >= 15 is 0 Å². The van der Waals surface area contributed by atoms with E-state index in [9.17, 15) is 5.11 Å². The topological polar surface area (TPSA) is 20.2 Å². The molecule has 0 saturated heterocycles. The van der Waals surface area contributed by atoms with Crippen molar-refractivity contribution in [2.24, 2.45) is 0 Å². The quantitative estimate of drug-likeness (QED) is 0.505. The van der Waals surface area contributed by atoms with Crippen LogP contribution in [0.3, 0.4) is 0 Å². The average molecular weight is 434 g/mol. The van der Waals surface area contributed by atoms with Gasteiger partial charge in [-0.2, -0.15) is 0 Å². The fourth-order valence-electron chi connectivity index (χ4n) is 2.69. The molecule has 1 N–H and O–H groups in total. The van der Waals surface area contributed by atoms with Gasteiger partial charge in [-0.1, -0.05) is 66.8 Å². The van der Waals surface area contributed by atoms with Crippen molar-refractivity contribution < 1.29 is 68.5 Å². The summed E-state index contributed by atoms with van der Waals surface area (Å²) in [7, 11) is 0. The van der Waals surface area contributed by atoms with E-state index in [2.05, 4.69) is 12.2 Å². The number of halogens is 3. The molecule has 0 heterocycles. The summed E-state index contributed by atoms with van der Waals surface area (Å²) in [6.07, 6.45) is 13.9. The van der Waals surface area contributed by atoms with Gasteiger partial charge >= 0.3 is 26.2 Å². The van der Waals surface area contributed by atoms with E-state index in [0.717, 1.165) is 29.6 Å². The Labute approximate surface area is 169 Å². The molecule has 0 atom stereocenters. The SMILES string of the molecule is OC(C1=CC=CC1)(C1=CC=CC1)c1ccccc1.[Cl-].[Cl-].[Cl-].[Zr+3]. The van der Waals surface area contributed by atoms with E-state index in [1.54, 1.807) is 0 Å². The third-order valence-electron chi connectivity index (χ3n) is 3.66. The molecular weight excluding hydrogens is 418 g/mol. The van der Waals surface area contributed by atoms with Crippen LogP contribution in [0.4, 0.5) is 0 Å². The molecule has 0 saturated carbocycles. The van der Waals surface area contributed by atoms with Gasteiger partial charge in [0.2, 0.25) is 0 Å². The van der Waals surface area contributed by atoms with Gasteiger partial charge in [0.15, 0.2) is 0 Å². The number of allylic oxidation sites excluding steroid dienone is 6. The molecule has 22 heavy (non-hydrogen) atoms. The zero-order chi connectivity index (χ0) is 12.4. The molecular formula is C17H16Cl3OZr. The summed E-state index contributed by atoms with van der Waals surface area (Å²) in [5, 5.41) is 11.3. The Morgan fingerprint density at radius 2 is 1.23 bits per heavy atom. The second-order valence-electron chi connectivity index (χ2n) is 4.72. The molecule has 1 aromatic carbocycles. The summed E-state index contributed by atoms with van der Waals surface area (Å²) in [6.45, 7) is 0. The zero-order valence-electron chi connectivity index (χ0n) is 11.8. The van der Waals surface area contributed by atoms with E-state index in [0.29, 0.717) is 0 Å². The van der Waals surface area contributed by atoms with Crippen LogP contribution in [0.15, 0.2) is 77.9 Å². The van der Waals surface area contributed by atoms with Gasteiger partial charge in [-0.15, -0.1) is 0 Å². The van der Waals surface area contributed by atoms with Crippen molar-refractivity contribution in [2.75, 3.05) is 0 Å². The van der Waals surface area contributed by atoms with Crippen molar-refractivity contribution in [3.63, 3.8) is 0 Å². The van der Waals surface area contributed by atoms with Gasteiger partial charge < -0.3 is 42.3 Å². The van der Waals surface area contributed by atoms with Crippen molar-refractivity contribution in [3.8, 4) is 0 Å². The minimum atomic E-state index is -0.950. The second-order valence-corrected chi connectivity index (χ2v) is 4.72. The first kappa shape index (κ1) is 24.1. The Morgan fingerprint density at radius 1 is 0.773 bits per heavy atom. The fraction of sp³-hybridized carbons (Fsp3) is 0.176. The van der Waals surface area contributed by atoms with E-state index in [4.69, 9.17) is 0 Å². The van der Waals surface area contributed by atoms with Crippen LogP contribution in [-0.2, 0) is 31.8 Å². The van der Waals surface area contributed by atoms with Gasteiger partial charge in [0.25, 0.3) is 0 Å². The van der Waals surface area contributed by atoms with Crippen molar-refractivity contribution in [2.45, 2.75) is 18.4 Å². The molecule has 2 aliphatic rings. The molecule has 0 amide bonds. The number of benzene rings is 1. The molecule has 5 heteroatoms.